The van der Waals surface area contributed by atoms with Crippen LogP contribution in [0.3, 0.4) is 0 Å². The number of hydrogen-bond acceptors (Lipinski definition) is 3. The summed E-state index contributed by atoms with van der Waals surface area (Å²) in [5, 5.41) is 4.85. The van der Waals surface area contributed by atoms with E-state index in [0.717, 1.165) is 25.1 Å². The van der Waals surface area contributed by atoms with Crippen LogP contribution in [0.4, 0.5) is 0 Å². The zero-order valence-corrected chi connectivity index (χ0v) is 12.0. The Morgan fingerprint density at radius 2 is 1.95 bits per heavy atom. The average Bonchev–Trinajstić information content (AvgIpc) is 2.72. The number of halogens is 3. The molecule has 0 amide bonds. The molecule has 3 rings (SSSR count). The van der Waals surface area contributed by atoms with Gasteiger partial charge in [0.15, 0.2) is 5.82 Å². The van der Waals surface area contributed by atoms with Gasteiger partial charge in [-0.15, -0.1) is 5.10 Å². The first-order valence-electron chi connectivity index (χ1n) is 5.78. The van der Waals surface area contributed by atoms with Gasteiger partial charge in [-0.3, -0.25) is 4.57 Å². The Morgan fingerprint density at radius 3 is 2.68 bits per heavy atom. The third-order valence-electron chi connectivity index (χ3n) is 3.04. The second-order valence-corrected chi connectivity index (χ2v) is 5.46. The number of hydrogen-bond donors (Lipinski definition) is 0. The summed E-state index contributed by atoms with van der Waals surface area (Å²) in [6, 6.07) is 1.46. The number of aromatic nitrogens is 4. The Hall–Kier alpha value is -1.04. The largest absolute Gasteiger partial charge is 0.352 e. The van der Waals surface area contributed by atoms with Crippen molar-refractivity contribution in [3.63, 3.8) is 0 Å². The van der Waals surface area contributed by atoms with Crippen molar-refractivity contribution in [2.45, 2.75) is 25.8 Å². The van der Waals surface area contributed by atoms with Crippen LogP contribution in [0.1, 0.15) is 18.7 Å². The maximum atomic E-state index is 12.3. The molecule has 0 bridgehead atoms. The summed E-state index contributed by atoms with van der Waals surface area (Å²) in [5.74, 6) is 0.961. The SMILES string of the molecule is O=c1n(-c2nc(Cl)c(Cl)cc2Cl)nc2n1CCCC2. The molecule has 2 aromatic rings. The van der Waals surface area contributed by atoms with E-state index in [1.807, 2.05) is 0 Å². The highest BCUT2D eigenvalue weighted by atomic mass is 35.5. The molecule has 1 aliphatic rings. The Morgan fingerprint density at radius 1 is 1.16 bits per heavy atom. The smallest absolute Gasteiger partial charge is 0.279 e. The highest BCUT2D eigenvalue weighted by Gasteiger charge is 2.20. The molecule has 0 aliphatic carbocycles. The molecule has 19 heavy (non-hydrogen) atoms. The molecule has 5 nitrogen and oxygen atoms in total. The van der Waals surface area contributed by atoms with Crippen LogP contribution in [0.2, 0.25) is 15.2 Å². The van der Waals surface area contributed by atoms with Crippen molar-refractivity contribution in [3.8, 4) is 5.82 Å². The lowest BCUT2D eigenvalue weighted by Crippen LogP contribution is -2.26. The third-order valence-corrected chi connectivity index (χ3v) is 3.99. The highest BCUT2D eigenvalue weighted by Crippen LogP contribution is 2.27. The van der Waals surface area contributed by atoms with Gasteiger partial charge in [-0.25, -0.2) is 9.78 Å². The molecule has 3 heterocycles. The molecule has 0 spiro atoms. The van der Waals surface area contributed by atoms with Gasteiger partial charge in [-0.05, 0) is 18.9 Å². The van der Waals surface area contributed by atoms with Gasteiger partial charge in [-0.2, -0.15) is 4.68 Å². The molecule has 0 saturated heterocycles. The molecule has 0 atom stereocenters. The number of nitrogens with zero attached hydrogens (tertiary/aromatic N) is 4. The van der Waals surface area contributed by atoms with Crippen molar-refractivity contribution >= 4 is 34.8 Å². The van der Waals surface area contributed by atoms with Crippen molar-refractivity contribution in [2.24, 2.45) is 0 Å². The predicted octanol–water partition coefficient (Wildman–Crippen LogP) is 2.73. The van der Waals surface area contributed by atoms with Crippen molar-refractivity contribution in [1.29, 1.82) is 0 Å². The molecule has 0 N–H and O–H groups in total. The first-order chi connectivity index (χ1) is 9.08. The Bertz CT molecular complexity index is 707. The van der Waals surface area contributed by atoms with Crippen LogP contribution in [-0.2, 0) is 13.0 Å². The molecule has 8 heteroatoms. The van der Waals surface area contributed by atoms with Crippen LogP contribution in [-0.4, -0.2) is 19.3 Å². The van der Waals surface area contributed by atoms with Crippen molar-refractivity contribution in [1.82, 2.24) is 19.3 Å². The summed E-state index contributed by atoms with van der Waals surface area (Å²) in [5.41, 5.74) is -0.248. The molecule has 0 saturated carbocycles. The molecular weight excluding hydrogens is 311 g/mol. The summed E-state index contributed by atoms with van der Waals surface area (Å²) in [7, 11) is 0. The molecule has 0 aromatic carbocycles. The molecule has 1 aliphatic heterocycles. The Labute approximate surface area is 123 Å². The van der Waals surface area contributed by atoms with Crippen molar-refractivity contribution in [2.75, 3.05) is 0 Å². The quantitative estimate of drug-likeness (QED) is 0.759. The van der Waals surface area contributed by atoms with Crippen molar-refractivity contribution < 1.29 is 0 Å². The van der Waals surface area contributed by atoms with E-state index in [1.165, 1.54) is 10.7 Å². The molecule has 0 fully saturated rings. The Kier molecular flexibility index (Phi) is 3.28. The zero-order chi connectivity index (χ0) is 13.6. The monoisotopic (exact) mass is 318 g/mol. The lowest BCUT2D eigenvalue weighted by Gasteiger charge is -2.09. The van der Waals surface area contributed by atoms with E-state index in [0.29, 0.717) is 6.54 Å². The summed E-state index contributed by atoms with van der Waals surface area (Å²) in [6.07, 6.45) is 2.78. The number of fused-ring (bicyclic) bond motifs is 1. The summed E-state index contributed by atoms with van der Waals surface area (Å²) < 4.78 is 2.83. The lowest BCUT2D eigenvalue weighted by atomic mass is 10.2. The second kappa shape index (κ2) is 4.81. The fourth-order valence-electron chi connectivity index (χ4n) is 2.12. The van der Waals surface area contributed by atoms with Gasteiger partial charge >= 0.3 is 5.69 Å². The predicted molar refractivity (Wildman–Crippen MR) is 73.6 cm³/mol. The minimum Gasteiger partial charge on any atom is -0.279 e. The minimum atomic E-state index is -0.248. The normalized spacial score (nSPS) is 14.5. The molecule has 0 radical (unpaired) electrons. The van der Waals surface area contributed by atoms with Crippen LogP contribution < -0.4 is 5.69 Å². The molecular formula is C11H9Cl3N4O. The van der Waals surface area contributed by atoms with E-state index in [-0.39, 0.29) is 26.7 Å². The maximum Gasteiger partial charge on any atom is 0.352 e. The molecule has 2 aromatic heterocycles. The minimum absolute atomic E-state index is 0.0962. The number of rotatable bonds is 1. The summed E-state index contributed by atoms with van der Waals surface area (Å²) in [4.78, 5) is 16.3. The third kappa shape index (κ3) is 2.16. The number of pyridine rings is 1. The number of aryl methyl sites for hydroxylation is 1. The van der Waals surface area contributed by atoms with Gasteiger partial charge in [0.2, 0.25) is 0 Å². The van der Waals surface area contributed by atoms with Gasteiger partial charge in [0.1, 0.15) is 11.0 Å². The highest BCUT2D eigenvalue weighted by molar-refractivity contribution is 6.42. The fourth-order valence-corrected chi connectivity index (χ4v) is 2.69. The van der Waals surface area contributed by atoms with Crippen LogP contribution in [0.15, 0.2) is 10.9 Å². The van der Waals surface area contributed by atoms with Crippen molar-refractivity contribution in [3.05, 3.63) is 37.6 Å². The first-order valence-corrected chi connectivity index (χ1v) is 6.92. The van der Waals surface area contributed by atoms with E-state index >= 15 is 0 Å². The van der Waals surface area contributed by atoms with Gasteiger partial charge < -0.3 is 0 Å². The standard InChI is InChI=1S/C11H9Cl3N4O/c12-6-5-7(13)10(15-9(6)14)18-11(19)17-4-2-1-3-8(17)16-18/h5H,1-4H2. The summed E-state index contributed by atoms with van der Waals surface area (Å²) >= 11 is 17.7. The zero-order valence-electron chi connectivity index (χ0n) is 9.74. The van der Waals surface area contributed by atoms with Gasteiger partial charge in [0, 0.05) is 13.0 Å². The van der Waals surface area contributed by atoms with Crippen LogP contribution in [0.25, 0.3) is 5.82 Å². The van der Waals surface area contributed by atoms with Crippen LogP contribution >= 0.6 is 34.8 Å². The van der Waals surface area contributed by atoms with Crippen LogP contribution in [0, 0.1) is 0 Å². The van der Waals surface area contributed by atoms with E-state index in [4.69, 9.17) is 34.8 Å². The van der Waals surface area contributed by atoms with Crippen LogP contribution in [0.5, 0.6) is 0 Å². The van der Waals surface area contributed by atoms with Gasteiger partial charge in [0.05, 0.1) is 10.0 Å². The fraction of sp³-hybridized carbons (Fsp3) is 0.364. The topological polar surface area (TPSA) is 52.7 Å². The average molecular weight is 320 g/mol. The van der Waals surface area contributed by atoms with E-state index in [1.54, 1.807) is 4.57 Å². The van der Waals surface area contributed by atoms with E-state index < -0.39 is 0 Å². The van der Waals surface area contributed by atoms with E-state index in [2.05, 4.69) is 10.1 Å². The molecule has 0 unspecified atom stereocenters. The van der Waals surface area contributed by atoms with Gasteiger partial charge in [-0.1, -0.05) is 34.8 Å². The lowest BCUT2D eigenvalue weighted by molar-refractivity contribution is 0.512. The summed E-state index contributed by atoms with van der Waals surface area (Å²) in [6.45, 7) is 0.674. The first kappa shape index (κ1) is 13.0. The van der Waals surface area contributed by atoms with Gasteiger partial charge in [0.25, 0.3) is 0 Å². The second-order valence-electron chi connectivity index (χ2n) is 4.29. The Balaban J connectivity index is 2.20. The van der Waals surface area contributed by atoms with E-state index in [9.17, 15) is 4.79 Å². The maximum absolute atomic E-state index is 12.3. The molecule has 100 valence electrons.